The van der Waals surface area contributed by atoms with E-state index < -0.39 is 0 Å². The first kappa shape index (κ1) is 14.4. The van der Waals surface area contributed by atoms with Crippen LogP contribution in [0, 0.1) is 5.82 Å². The SMILES string of the molecule is CCNCc1cnc(N(CC)c2ccc(F)cc2)nc1. The maximum absolute atomic E-state index is 13.0. The quantitative estimate of drug-likeness (QED) is 0.879. The van der Waals surface area contributed by atoms with Crippen LogP contribution >= 0.6 is 0 Å². The van der Waals surface area contributed by atoms with Crippen LogP contribution in [-0.2, 0) is 6.54 Å². The Kier molecular flexibility index (Phi) is 5.01. The molecule has 0 spiro atoms. The lowest BCUT2D eigenvalue weighted by Gasteiger charge is -2.20. The molecule has 0 radical (unpaired) electrons. The van der Waals surface area contributed by atoms with Crippen molar-refractivity contribution in [3.63, 3.8) is 0 Å². The van der Waals surface area contributed by atoms with Gasteiger partial charge in [0.05, 0.1) is 0 Å². The first-order chi connectivity index (χ1) is 9.74. The van der Waals surface area contributed by atoms with Gasteiger partial charge in [0.2, 0.25) is 5.95 Å². The molecular formula is C15H19FN4. The smallest absolute Gasteiger partial charge is 0.229 e. The third-order valence-electron chi connectivity index (χ3n) is 2.97. The molecule has 0 amide bonds. The standard InChI is InChI=1S/C15H19FN4/c1-3-17-9-12-10-18-15(19-11-12)20(4-2)14-7-5-13(16)6-8-14/h5-8,10-11,17H,3-4,9H2,1-2H3. The van der Waals surface area contributed by atoms with Crippen LogP contribution in [-0.4, -0.2) is 23.1 Å². The number of benzene rings is 1. The van der Waals surface area contributed by atoms with E-state index in [0.717, 1.165) is 30.9 Å². The highest BCUT2D eigenvalue weighted by Gasteiger charge is 2.10. The zero-order valence-corrected chi connectivity index (χ0v) is 11.8. The summed E-state index contributed by atoms with van der Waals surface area (Å²) in [4.78, 5) is 10.7. The summed E-state index contributed by atoms with van der Waals surface area (Å²) in [5, 5.41) is 3.23. The fourth-order valence-corrected chi connectivity index (χ4v) is 1.91. The first-order valence-corrected chi connectivity index (χ1v) is 6.79. The van der Waals surface area contributed by atoms with E-state index in [1.54, 1.807) is 12.1 Å². The molecule has 1 heterocycles. The van der Waals surface area contributed by atoms with E-state index >= 15 is 0 Å². The molecule has 0 fully saturated rings. The summed E-state index contributed by atoms with van der Waals surface area (Å²) in [6, 6.07) is 6.35. The van der Waals surface area contributed by atoms with Crippen LogP contribution < -0.4 is 10.2 Å². The van der Waals surface area contributed by atoms with Crippen molar-refractivity contribution < 1.29 is 4.39 Å². The average molecular weight is 274 g/mol. The van der Waals surface area contributed by atoms with Gasteiger partial charge in [-0.25, -0.2) is 14.4 Å². The summed E-state index contributed by atoms with van der Waals surface area (Å²) in [6.45, 7) is 6.47. The van der Waals surface area contributed by atoms with E-state index in [0.29, 0.717) is 5.95 Å². The molecule has 1 aromatic heterocycles. The molecule has 20 heavy (non-hydrogen) atoms. The van der Waals surface area contributed by atoms with E-state index in [9.17, 15) is 4.39 Å². The highest BCUT2D eigenvalue weighted by Crippen LogP contribution is 2.21. The Bertz CT molecular complexity index is 525. The topological polar surface area (TPSA) is 41.1 Å². The fraction of sp³-hybridized carbons (Fsp3) is 0.333. The van der Waals surface area contributed by atoms with Gasteiger partial charge in [0.15, 0.2) is 0 Å². The number of rotatable bonds is 6. The number of aromatic nitrogens is 2. The maximum Gasteiger partial charge on any atom is 0.229 e. The van der Waals surface area contributed by atoms with Crippen LogP contribution in [0.15, 0.2) is 36.7 Å². The van der Waals surface area contributed by atoms with Crippen molar-refractivity contribution in [3.05, 3.63) is 48.0 Å². The largest absolute Gasteiger partial charge is 0.313 e. The predicted molar refractivity (Wildman–Crippen MR) is 78.5 cm³/mol. The zero-order chi connectivity index (χ0) is 14.4. The minimum absolute atomic E-state index is 0.244. The summed E-state index contributed by atoms with van der Waals surface area (Å²) in [5.41, 5.74) is 1.93. The predicted octanol–water partition coefficient (Wildman–Crippen LogP) is 2.88. The molecule has 0 aliphatic rings. The van der Waals surface area contributed by atoms with Gasteiger partial charge in [0.1, 0.15) is 5.82 Å². The molecular weight excluding hydrogens is 255 g/mol. The maximum atomic E-state index is 13.0. The molecule has 0 atom stereocenters. The molecule has 2 aromatic rings. The summed E-state index contributed by atoms with van der Waals surface area (Å²) in [6.07, 6.45) is 3.63. The molecule has 1 aromatic carbocycles. The van der Waals surface area contributed by atoms with Crippen molar-refractivity contribution in [3.8, 4) is 0 Å². The Morgan fingerprint density at radius 2 is 1.75 bits per heavy atom. The van der Waals surface area contributed by atoms with Crippen molar-refractivity contribution >= 4 is 11.6 Å². The second-order valence-electron chi connectivity index (χ2n) is 4.39. The Morgan fingerprint density at radius 1 is 1.10 bits per heavy atom. The van der Waals surface area contributed by atoms with E-state index in [1.807, 2.05) is 24.2 Å². The summed E-state index contributed by atoms with van der Waals surface area (Å²) in [5.74, 6) is 0.381. The third kappa shape index (κ3) is 3.51. The van der Waals surface area contributed by atoms with Crippen LogP contribution in [0.3, 0.4) is 0 Å². The highest BCUT2D eigenvalue weighted by molar-refractivity contribution is 5.56. The van der Waals surface area contributed by atoms with E-state index in [-0.39, 0.29) is 5.82 Å². The Labute approximate surface area is 118 Å². The monoisotopic (exact) mass is 274 g/mol. The number of nitrogens with zero attached hydrogens (tertiary/aromatic N) is 3. The van der Waals surface area contributed by atoms with Crippen molar-refractivity contribution in [2.45, 2.75) is 20.4 Å². The second-order valence-corrected chi connectivity index (χ2v) is 4.39. The Hall–Kier alpha value is -2.01. The normalized spacial score (nSPS) is 10.6. The van der Waals surface area contributed by atoms with Gasteiger partial charge in [-0.1, -0.05) is 6.92 Å². The van der Waals surface area contributed by atoms with Crippen molar-refractivity contribution in [2.24, 2.45) is 0 Å². The fourth-order valence-electron chi connectivity index (χ4n) is 1.91. The molecule has 0 saturated heterocycles. The number of hydrogen-bond acceptors (Lipinski definition) is 4. The van der Waals surface area contributed by atoms with E-state index in [4.69, 9.17) is 0 Å². The molecule has 1 N–H and O–H groups in total. The molecule has 5 heteroatoms. The van der Waals surface area contributed by atoms with Crippen LogP contribution in [0.4, 0.5) is 16.0 Å². The summed E-state index contributed by atoms with van der Waals surface area (Å²) >= 11 is 0. The van der Waals surface area contributed by atoms with Gasteiger partial charge >= 0.3 is 0 Å². The molecule has 0 unspecified atom stereocenters. The van der Waals surface area contributed by atoms with Gasteiger partial charge in [-0.15, -0.1) is 0 Å². The molecule has 4 nitrogen and oxygen atoms in total. The van der Waals surface area contributed by atoms with Gasteiger partial charge < -0.3 is 10.2 Å². The molecule has 0 aliphatic heterocycles. The van der Waals surface area contributed by atoms with Crippen LogP contribution in [0.1, 0.15) is 19.4 Å². The average Bonchev–Trinajstić information content (AvgIpc) is 2.49. The van der Waals surface area contributed by atoms with Gasteiger partial charge in [-0.05, 0) is 37.7 Å². The Balaban J connectivity index is 2.17. The van der Waals surface area contributed by atoms with Gasteiger partial charge in [-0.2, -0.15) is 0 Å². The number of halogens is 1. The third-order valence-corrected chi connectivity index (χ3v) is 2.97. The van der Waals surface area contributed by atoms with Gasteiger partial charge in [-0.3, -0.25) is 0 Å². The van der Waals surface area contributed by atoms with Crippen molar-refractivity contribution in [1.82, 2.24) is 15.3 Å². The van der Waals surface area contributed by atoms with E-state index in [2.05, 4.69) is 22.2 Å². The molecule has 0 bridgehead atoms. The minimum Gasteiger partial charge on any atom is -0.313 e. The van der Waals surface area contributed by atoms with E-state index in [1.165, 1.54) is 12.1 Å². The molecule has 2 rings (SSSR count). The van der Waals surface area contributed by atoms with Crippen LogP contribution in [0.5, 0.6) is 0 Å². The minimum atomic E-state index is -0.244. The number of anilines is 2. The molecule has 0 saturated carbocycles. The lowest BCUT2D eigenvalue weighted by molar-refractivity contribution is 0.627. The highest BCUT2D eigenvalue weighted by atomic mass is 19.1. The number of nitrogens with one attached hydrogen (secondary N) is 1. The van der Waals surface area contributed by atoms with Crippen LogP contribution in [0.2, 0.25) is 0 Å². The molecule has 106 valence electrons. The number of hydrogen-bond donors (Lipinski definition) is 1. The Morgan fingerprint density at radius 3 is 2.30 bits per heavy atom. The van der Waals surface area contributed by atoms with Crippen molar-refractivity contribution in [2.75, 3.05) is 18.0 Å². The van der Waals surface area contributed by atoms with Gasteiger partial charge in [0, 0.05) is 36.7 Å². The molecule has 0 aliphatic carbocycles. The van der Waals surface area contributed by atoms with Crippen LogP contribution in [0.25, 0.3) is 0 Å². The summed E-state index contributed by atoms with van der Waals surface area (Å²) < 4.78 is 13.0. The zero-order valence-electron chi connectivity index (χ0n) is 11.8. The lowest BCUT2D eigenvalue weighted by atomic mass is 10.3. The summed E-state index contributed by atoms with van der Waals surface area (Å²) in [7, 11) is 0. The lowest BCUT2D eigenvalue weighted by Crippen LogP contribution is -2.19. The van der Waals surface area contributed by atoms with Gasteiger partial charge in [0.25, 0.3) is 0 Å². The van der Waals surface area contributed by atoms with Crippen molar-refractivity contribution in [1.29, 1.82) is 0 Å². The first-order valence-electron chi connectivity index (χ1n) is 6.79. The second kappa shape index (κ2) is 6.96.